The second kappa shape index (κ2) is 2.89. The van der Waals surface area contributed by atoms with E-state index >= 15 is 0 Å². The Labute approximate surface area is 85.6 Å². The van der Waals surface area contributed by atoms with Gasteiger partial charge in [-0.2, -0.15) is 0 Å². The van der Waals surface area contributed by atoms with Crippen molar-refractivity contribution < 1.29 is 4.79 Å². The molecule has 0 bridgehead atoms. The van der Waals surface area contributed by atoms with Crippen LogP contribution in [0.25, 0.3) is 10.2 Å². The zero-order chi connectivity index (χ0) is 9.54. The van der Waals surface area contributed by atoms with E-state index in [1.165, 1.54) is 29.7 Å². The quantitative estimate of drug-likeness (QED) is 0.702. The SMILES string of the molecule is O=Cc1cc2cc(C3CC3)cnc2s1. The second-order valence-corrected chi connectivity index (χ2v) is 4.77. The standard InChI is InChI=1S/C11H9NOS/c13-6-10-4-8-3-9(7-1-2-7)5-12-11(8)14-10/h3-7H,1-2H2. The minimum Gasteiger partial charge on any atom is -0.297 e. The Morgan fingerprint density at radius 2 is 2.29 bits per heavy atom. The fourth-order valence-electron chi connectivity index (χ4n) is 1.67. The van der Waals surface area contributed by atoms with E-state index in [9.17, 15) is 4.79 Å². The molecule has 0 aliphatic heterocycles. The highest BCUT2D eigenvalue weighted by molar-refractivity contribution is 7.20. The fourth-order valence-corrected chi connectivity index (χ4v) is 2.47. The molecule has 1 saturated carbocycles. The molecule has 3 heteroatoms. The first-order valence-electron chi connectivity index (χ1n) is 4.71. The van der Waals surface area contributed by atoms with Crippen molar-refractivity contribution in [2.45, 2.75) is 18.8 Å². The van der Waals surface area contributed by atoms with Crippen molar-refractivity contribution in [3.8, 4) is 0 Å². The Kier molecular flexibility index (Phi) is 1.67. The summed E-state index contributed by atoms with van der Waals surface area (Å²) in [6, 6.07) is 4.09. The summed E-state index contributed by atoms with van der Waals surface area (Å²) in [5, 5.41) is 1.11. The van der Waals surface area contributed by atoms with Crippen LogP contribution in [0.5, 0.6) is 0 Å². The summed E-state index contributed by atoms with van der Waals surface area (Å²) in [4.78, 5) is 16.7. The van der Waals surface area contributed by atoms with Gasteiger partial charge in [-0.15, -0.1) is 11.3 Å². The zero-order valence-electron chi connectivity index (χ0n) is 7.56. The van der Waals surface area contributed by atoms with Crippen LogP contribution in [0, 0.1) is 0 Å². The molecule has 1 aliphatic carbocycles. The van der Waals surface area contributed by atoms with E-state index in [0.717, 1.165) is 27.3 Å². The van der Waals surface area contributed by atoms with Gasteiger partial charge in [-0.05, 0) is 36.5 Å². The molecule has 0 spiro atoms. The number of pyridine rings is 1. The maximum atomic E-state index is 10.6. The van der Waals surface area contributed by atoms with Crippen LogP contribution in [0.4, 0.5) is 0 Å². The summed E-state index contributed by atoms with van der Waals surface area (Å²) in [7, 11) is 0. The van der Waals surface area contributed by atoms with Gasteiger partial charge in [-0.3, -0.25) is 4.79 Å². The van der Waals surface area contributed by atoms with E-state index in [2.05, 4.69) is 11.1 Å². The van der Waals surface area contributed by atoms with Crippen molar-refractivity contribution >= 4 is 27.8 Å². The summed E-state index contributed by atoms with van der Waals surface area (Å²) in [6.45, 7) is 0. The number of thiophene rings is 1. The molecule has 0 amide bonds. The molecule has 2 aromatic heterocycles. The Bertz CT molecular complexity index is 499. The molecule has 70 valence electrons. The Balaban J connectivity index is 2.16. The number of aldehydes is 1. The van der Waals surface area contributed by atoms with E-state index in [-0.39, 0.29) is 0 Å². The molecule has 0 aromatic carbocycles. The highest BCUT2D eigenvalue weighted by atomic mass is 32.1. The molecule has 1 fully saturated rings. The summed E-state index contributed by atoms with van der Waals surface area (Å²) >= 11 is 1.46. The molecule has 3 rings (SSSR count). The van der Waals surface area contributed by atoms with Gasteiger partial charge >= 0.3 is 0 Å². The molecular weight excluding hydrogens is 194 g/mol. The lowest BCUT2D eigenvalue weighted by Gasteiger charge is -1.95. The molecule has 0 unspecified atom stereocenters. The van der Waals surface area contributed by atoms with E-state index in [1.54, 1.807) is 0 Å². The lowest BCUT2D eigenvalue weighted by Crippen LogP contribution is -1.80. The van der Waals surface area contributed by atoms with Crippen molar-refractivity contribution in [3.63, 3.8) is 0 Å². The van der Waals surface area contributed by atoms with Crippen LogP contribution in [-0.4, -0.2) is 11.3 Å². The summed E-state index contributed by atoms with van der Waals surface area (Å²) in [5.74, 6) is 0.728. The lowest BCUT2D eigenvalue weighted by atomic mass is 10.1. The number of rotatable bonds is 2. The number of hydrogen-bond donors (Lipinski definition) is 0. The van der Waals surface area contributed by atoms with Crippen LogP contribution >= 0.6 is 11.3 Å². The van der Waals surface area contributed by atoms with E-state index < -0.39 is 0 Å². The molecule has 14 heavy (non-hydrogen) atoms. The molecule has 0 atom stereocenters. The van der Waals surface area contributed by atoms with Crippen molar-refractivity contribution in [1.29, 1.82) is 0 Å². The van der Waals surface area contributed by atoms with E-state index in [4.69, 9.17) is 0 Å². The summed E-state index contributed by atoms with van der Waals surface area (Å²) in [6.07, 6.45) is 5.42. The summed E-state index contributed by atoms with van der Waals surface area (Å²) in [5.41, 5.74) is 1.33. The third kappa shape index (κ3) is 1.24. The van der Waals surface area contributed by atoms with Crippen molar-refractivity contribution in [2.75, 3.05) is 0 Å². The molecule has 0 N–H and O–H groups in total. The Morgan fingerprint density at radius 1 is 1.43 bits per heavy atom. The second-order valence-electron chi connectivity index (χ2n) is 3.70. The predicted octanol–water partition coefficient (Wildman–Crippen LogP) is 2.99. The minimum atomic E-state index is 0.728. The van der Waals surface area contributed by atoms with Gasteiger partial charge in [-0.1, -0.05) is 0 Å². The van der Waals surface area contributed by atoms with Crippen LogP contribution in [0.15, 0.2) is 18.3 Å². The number of fused-ring (bicyclic) bond motifs is 1. The van der Waals surface area contributed by atoms with Gasteiger partial charge in [0.2, 0.25) is 0 Å². The van der Waals surface area contributed by atoms with Crippen LogP contribution < -0.4 is 0 Å². The van der Waals surface area contributed by atoms with Gasteiger partial charge in [0, 0.05) is 11.6 Å². The molecule has 1 aliphatic rings. The third-order valence-electron chi connectivity index (χ3n) is 2.58. The highest BCUT2D eigenvalue weighted by Gasteiger charge is 2.24. The first kappa shape index (κ1) is 8.12. The number of hydrogen-bond acceptors (Lipinski definition) is 3. The van der Waals surface area contributed by atoms with Gasteiger partial charge in [0.05, 0.1) is 4.88 Å². The third-order valence-corrected chi connectivity index (χ3v) is 3.56. The monoisotopic (exact) mass is 203 g/mol. The molecule has 2 nitrogen and oxygen atoms in total. The fraction of sp³-hybridized carbons (Fsp3) is 0.273. The number of nitrogens with zero attached hydrogens (tertiary/aromatic N) is 1. The van der Waals surface area contributed by atoms with Gasteiger partial charge in [0.1, 0.15) is 4.83 Å². The zero-order valence-corrected chi connectivity index (χ0v) is 8.38. The first-order valence-corrected chi connectivity index (χ1v) is 5.53. The van der Waals surface area contributed by atoms with Gasteiger partial charge in [0.25, 0.3) is 0 Å². The molecule has 0 saturated heterocycles. The normalized spacial score (nSPS) is 16.0. The molecule has 2 aromatic rings. The Morgan fingerprint density at radius 3 is 3.00 bits per heavy atom. The lowest BCUT2D eigenvalue weighted by molar-refractivity contribution is 0.112. The van der Waals surface area contributed by atoms with Crippen LogP contribution in [0.3, 0.4) is 0 Å². The minimum absolute atomic E-state index is 0.728. The van der Waals surface area contributed by atoms with Crippen LogP contribution in [0.2, 0.25) is 0 Å². The Hall–Kier alpha value is -1.22. The molecule has 0 radical (unpaired) electrons. The van der Waals surface area contributed by atoms with Crippen LogP contribution in [-0.2, 0) is 0 Å². The average Bonchev–Trinajstić information content (AvgIpc) is 2.97. The first-order chi connectivity index (χ1) is 6.86. The predicted molar refractivity (Wildman–Crippen MR) is 57.0 cm³/mol. The maximum Gasteiger partial charge on any atom is 0.160 e. The average molecular weight is 203 g/mol. The molecule has 2 heterocycles. The van der Waals surface area contributed by atoms with Crippen molar-refractivity contribution in [3.05, 3.63) is 28.8 Å². The van der Waals surface area contributed by atoms with Gasteiger partial charge in [0.15, 0.2) is 6.29 Å². The highest BCUT2D eigenvalue weighted by Crippen LogP contribution is 2.40. The van der Waals surface area contributed by atoms with Gasteiger partial charge < -0.3 is 0 Å². The molecular formula is C11H9NOS. The largest absolute Gasteiger partial charge is 0.297 e. The van der Waals surface area contributed by atoms with E-state index in [1.807, 2.05) is 12.3 Å². The number of carbonyl (C=O) groups is 1. The van der Waals surface area contributed by atoms with Gasteiger partial charge in [-0.25, -0.2) is 4.98 Å². The number of carbonyl (C=O) groups excluding carboxylic acids is 1. The summed E-state index contributed by atoms with van der Waals surface area (Å²) < 4.78 is 0. The smallest absolute Gasteiger partial charge is 0.160 e. The van der Waals surface area contributed by atoms with Crippen LogP contribution in [0.1, 0.15) is 34.0 Å². The van der Waals surface area contributed by atoms with Crippen molar-refractivity contribution in [1.82, 2.24) is 4.98 Å². The van der Waals surface area contributed by atoms with E-state index in [0.29, 0.717) is 0 Å². The topological polar surface area (TPSA) is 30.0 Å². The maximum absolute atomic E-state index is 10.6. The number of aromatic nitrogens is 1. The van der Waals surface area contributed by atoms with Crippen molar-refractivity contribution in [2.24, 2.45) is 0 Å².